The van der Waals surface area contributed by atoms with Crippen molar-refractivity contribution in [1.82, 2.24) is 5.32 Å². The Kier molecular flexibility index (Phi) is 3.26. The molecule has 3 heteroatoms. The average molecular weight is 252 g/mol. The van der Waals surface area contributed by atoms with E-state index in [1.807, 2.05) is 12.1 Å². The van der Waals surface area contributed by atoms with Crippen LogP contribution in [0.2, 0.25) is 5.02 Å². The lowest BCUT2D eigenvalue weighted by Gasteiger charge is -2.17. The SMILES string of the molecule is Clc1cccc(C2CCCN2)c1OCC1CC1. The van der Waals surface area contributed by atoms with Crippen LogP contribution in [0.5, 0.6) is 5.75 Å². The van der Waals surface area contributed by atoms with Gasteiger partial charge in [0.2, 0.25) is 0 Å². The molecule has 0 amide bonds. The molecule has 1 aromatic carbocycles. The van der Waals surface area contributed by atoms with E-state index in [9.17, 15) is 0 Å². The summed E-state index contributed by atoms with van der Waals surface area (Å²) in [6, 6.07) is 6.49. The van der Waals surface area contributed by atoms with Crippen LogP contribution >= 0.6 is 11.6 Å². The van der Waals surface area contributed by atoms with Crippen LogP contribution < -0.4 is 10.1 Å². The quantitative estimate of drug-likeness (QED) is 0.884. The van der Waals surface area contributed by atoms with Crippen LogP contribution in [0.4, 0.5) is 0 Å². The molecule has 2 fully saturated rings. The van der Waals surface area contributed by atoms with E-state index in [4.69, 9.17) is 16.3 Å². The highest BCUT2D eigenvalue weighted by atomic mass is 35.5. The van der Waals surface area contributed by atoms with E-state index < -0.39 is 0 Å². The maximum absolute atomic E-state index is 6.26. The molecule has 2 aliphatic rings. The van der Waals surface area contributed by atoms with Crippen molar-refractivity contribution in [2.45, 2.75) is 31.7 Å². The lowest BCUT2D eigenvalue weighted by molar-refractivity contribution is 0.294. The van der Waals surface area contributed by atoms with E-state index in [2.05, 4.69) is 11.4 Å². The fourth-order valence-corrected chi connectivity index (χ4v) is 2.62. The Bertz CT molecular complexity index is 397. The summed E-state index contributed by atoms with van der Waals surface area (Å²) < 4.78 is 5.93. The zero-order valence-electron chi connectivity index (χ0n) is 9.92. The van der Waals surface area contributed by atoms with Crippen LogP contribution in [0.3, 0.4) is 0 Å². The first kappa shape index (κ1) is 11.4. The van der Waals surface area contributed by atoms with Gasteiger partial charge in [0, 0.05) is 11.6 Å². The highest BCUT2D eigenvalue weighted by Gasteiger charge is 2.25. The van der Waals surface area contributed by atoms with Crippen molar-refractivity contribution in [3.8, 4) is 5.75 Å². The Morgan fingerprint density at radius 2 is 2.18 bits per heavy atom. The van der Waals surface area contributed by atoms with Crippen LogP contribution in [-0.4, -0.2) is 13.2 Å². The summed E-state index contributed by atoms with van der Waals surface area (Å²) in [4.78, 5) is 0. The third kappa shape index (κ3) is 2.58. The Hall–Kier alpha value is -0.730. The molecule has 17 heavy (non-hydrogen) atoms. The van der Waals surface area contributed by atoms with Crippen LogP contribution in [0.25, 0.3) is 0 Å². The highest BCUT2D eigenvalue weighted by Crippen LogP contribution is 2.38. The lowest BCUT2D eigenvalue weighted by Crippen LogP contribution is -2.14. The molecule has 1 unspecified atom stereocenters. The normalized spacial score (nSPS) is 23.9. The molecular weight excluding hydrogens is 234 g/mol. The molecule has 1 heterocycles. The number of hydrogen-bond donors (Lipinski definition) is 1. The van der Waals surface area contributed by atoms with Gasteiger partial charge in [0.05, 0.1) is 11.6 Å². The smallest absolute Gasteiger partial charge is 0.142 e. The predicted octanol–water partition coefficient (Wildman–Crippen LogP) is 3.55. The second-order valence-electron chi connectivity index (χ2n) is 5.06. The number of nitrogens with one attached hydrogen (secondary N) is 1. The number of hydrogen-bond acceptors (Lipinski definition) is 2. The number of ether oxygens (including phenoxy) is 1. The van der Waals surface area contributed by atoms with Gasteiger partial charge in [-0.2, -0.15) is 0 Å². The summed E-state index contributed by atoms with van der Waals surface area (Å²) in [5.41, 5.74) is 1.23. The first-order chi connectivity index (χ1) is 8.34. The number of halogens is 1. The average Bonchev–Trinajstić information content (AvgIpc) is 3.00. The Morgan fingerprint density at radius 3 is 2.88 bits per heavy atom. The van der Waals surface area contributed by atoms with E-state index in [1.54, 1.807) is 0 Å². The van der Waals surface area contributed by atoms with Crippen molar-refractivity contribution < 1.29 is 4.74 Å². The summed E-state index contributed by atoms with van der Waals surface area (Å²) >= 11 is 6.26. The standard InChI is InChI=1S/C14H18ClNO/c15-12-4-1-3-11(13-5-2-8-16-13)14(12)17-9-10-6-7-10/h1,3-4,10,13,16H,2,5-9H2. The summed E-state index contributed by atoms with van der Waals surface area (Å²) in [6.45, 7) is 1.92. The maximum Gasteiger partial charge on any atom is 0.142 e. The number of rotatable bonds is 4. The molecule has 1 saturated heterocycles. The van der Waals surface area contributed by atoms with Gasteiger partial charge in [-0.15, -0.1) is 0 Å². The van der Waals surface area contributed by atoms with Crippen LogP contribution in [0, 0.1) is 5.92 Å². The van der Waals surface area contributed by atoms with E-state index >= 15 is 0 Å². The monoisotopic (exact) mass is 251 g/mol. The van der Waals surface area contributed by atoms with Crippen molar-refractivity contribution in [3.63, 3.8) is 0 Å². The second kappa shape index (κ2) is 4.87. The van der Waals surface area contributed by atoms with Gasteiger partial charge in [0.15, 0.2) is 0 Å². The van der Waals surface area contributed by atoms with Gasteiger partial charge in [-0.1, -0.05) is 23.7 Å². The van der Waals surface area contributed by atoms with Crippen LogP contribution in [-0.2, 0) is 0 Å². The number of para-hydroxylation sites is 1. The molecule has 3 rings (SSSR count). The molecule has 2 nitrogen and oxygen atoms in total. The summed E-state index contributed by atoms with van der Waals surface area (Å²) in [7, 11) is 0. The molecule has 1 aliphatic carbocycles. The summed E-state index contributed by atoms with van der Waals surface area (Å²) in [5, 5.41) is 4.25. The molecule has 1 aromatic rings. The van der Waals surface area contributed by atoms with Gasteiger partial charge < -0.3 is 10.1 Å². The first-order valence-electron chi connectivity index (χ1n) is 6.49. The van der Waals surface area contributed by atoms with Crippen molar-refractivity contribution in [1.29, 1.82) is 0 Å². The first-order valence-corrected chi connectivity index (χ1v) is 6.87. The minimum atomic E-state index is 0.419. The van der Waals surface area contributed by atoms with E-state index in [0.717, 1.165) is 29.8 Å². The summed E-state index contributed by atoms with van der Waals surface area (Å²) in [6.07, 6.45) is 5.03. The third-order valence-corrected chi connectivity index (χ3v) is 3.89. The fraction of sp³-hybridized carbons (Fsp3) is 0.571. The van der Waals surface area contributed by atoms with E-state index in [1.165, 1.54) is 31.2 Å². The Morgan fingerprint density at radius 1 is 1.29 bits per heavy atom. The van der Waals surface area contributed by atoms with Gasteiger partial charge in [-0.25, -0.2) is 0 Å². The van der Waals surface area contributed by atoms with Crippen LogP contribution in [0.1, 0.15) is 37.3 Å². The van der Waals surface area contributed by atoms with Crippen molar-refractivity contribution >= 4 is 11.6 Å². The van der Waals surface area contributed by atoms with Crippen molar-refractivity contribution in [3.05, 3.63) is 28.8 Å². The second-order valence-corrected chi connectivity index (χ2v) is 5.47. The molecule has 0 bridgehead atoms. The van der Waals surface area contributed by atoms with Crippen molar-refractivity contribution in [2.24, 2.45) is 5.92 Å². The molecule has 92 valence electrons. The van der Waals surface area contributed by atoms with Crippen molar-refractivity contribution in [2.75, 3.05) is 13.2 Å². The highest BCUT2D eigenvalue weighted by molar-refractivity contribution is 6.32. The molecule has 1 saturated carbocycles. The fourth-order valence-electron chi connectivity index (χ4n) is 2.39. The minimum absolute atomic E-state index is 0.419. The third-order valence-electron chi connectivity index (χ3n) is 3.59. The van der Waals surface area contributed by atoms with Gasteiger partial charge in [-0.3, -0.25) is 0 Å². The predicted molar refractivity (Wildman–Crippen MR) is 69.6 cm³/mol. The molecule has 0 spiro atoms. The van der Waals surface area contributed by atoms with E-state index in [-0.39, 0.29) is 0 Å². The van der Waals surface area contributed by atoms with Gasteiger partial charge >= 0.3 is 0 Å². The molecule has 0 aromatic heterocycles. The van der Waals surface area contributed by atoms with Crippen LogP contribution in [0.15, 0.2) is 18.2 Å². The molecule has 1 aliphatic heterocycles. The molecule has 0 radical (unpaired) electrons. The molecule has 1 atom stereocenters. The van der Waals surface area contributed by atoms with Gasteiger partial charge in [-0.05, 0) is 44.2 Å². The largest absolute Gasteiger partial charge is 0.491 e. The van der Waals surface area contributed by atoms with Gasteiger partial charge in [0.25, 0.3) is 0 Å². The lowest BCUT2D eigenvalue weighted by atomic mass is 10.0. The van der Waals surface area contributed by atoms with Gasteiger partial charge in [0.1, 0.15) is 5.75 Å². The molecular formula is C14H18ClNO. The zero-order chi connectivity index (χ0) is 11.7. The maximum atomic E-state index is 6.26. The van der Waals surface area contributed by atoms with E-state index in [0.29, 0.717) is 6.04 Å². The number of benzene rings is 1. The Balaban J connectivity index is 1.81. The Labute approximate surface area is 107 Å². The zero-order valence-corrected chi connectivity index (χ0v) is 10.7. The topological polar surface area (TPSA) is 21.3 Å². The minimum Gasteiger partial charge on any atom is -0.491 e. The summed E-state index contributed by atoms with van der Waals surface area (Å²) in [5.74, 6) is 1.66. The molecule has 1 N–H and O–H groups in total.